The maximum absolute atomic E-state index is 8.45. The molecular formula is C5H7BNO. The Kier molecular flexibility index (Phi) is 1.86. The minimum absolute atomic E-state index is 0.187. The van der Waals surface area contributed by atoms with Crippen LogP contribution in [-0.2, 0) is 0 Å². The van der Waals surface area contributed by atoms with Crippen molar-refractivity contribution in [3.63, 3.8) is 0 Å². The highest BCUT2D eigenvalue weighted by Crippen LogP contribution is 2.10. The van der Waals surface area contributed by atoms with E-state index in [1.54, 1.807) is 12.4 Å². The Hall–Kier alpha value is -0.565. The van der Waals surface area contributed by atoms with Crippen LogP contribution in [0.4, 0.5) is 0 Å². The molecule has 2 nitrogen and oxygen atoms in total. The third kappa shape index (κ3) is 1.20. The van der Waals surface area contributed by atoms with Gasteiger partial charge >= 0.3 is 0 Å². The van der Waals surface area contributed by atoms with Gasteiger partial charge in [0.25, 0.3) is 7.48 Å². The van der Waals surface area contributed by atoms with E-state index in [9.17, 15) is 0 Å². The molecule has 1 radical (unpaired) electrons. The van der Waals surface area contributed by atoms with Gasteiger partial charge in [0, 0.05) is 12.4 Å². The molecule has 1 heterocycles. The lowest BCUT2D eigenvalue weighted by molar-refractivity contribution is 0.590. The normalized spacial score (nSPS) is 25.9. The van der Waals surface area contributed by atoms with Crippen LogP contribution in [0.15, 0.2) is 17.3 Å². The average molecular weight is 108 g/mol. The van der Waals surface area contributed by atoms with Crippen molar-refractivity contribution >= 4 is 13.7 Å². The molecule has 0 amide bonds. The van der Waals surface area contributed by atoms with Crippen molar-refractivity contribution in [3.8, 4) is 0 Å². The zero-order valence-electron chi connectivity index (χ0n) is 4.49. The van der Waals surface area contributed by atoms with E-state index in [1.165, 1.54) is 7.48 Å². The standard InChI is InChI=1S/C5H7BNO/c8-6-5-1-3-7-4-2-5/h1,3-5,8H,2H2. The van der Waals surface area contributed by atoms with Gasteiger partial charge < -0.3 is 5.02 Å². The molecule has 0 spiro atoms. The lowest BCUT2D eigenvalue weighted by Gasteiger charge is -2.04. The third-order valence-corrected chi connectivity index (χ3v) is 1.09. The van der Waals surface area contributed by atoms with Crippen molar-refractivity contribution in [2.45, 2.75) is 12.2 Å². The number of hydrogen-bond acceptors (Lipinski definition) is 2. The van der Waals surface area contributed by atoms with Gasteiger partial charge in [0.15, 0.2) is 0 Å². The summed E-state index contributed by atoms with van der Waals surface area (Å²) in [5.74, 6) is 0.187. The first-order valence-electron chi connectivity index (χ1n) is 2.59. The maximum atomic E-state index is 8.45. The number of rotatable bonds is 1. The highest BCUT2D eigenvalue weighted by Gasteiger charge is 2.04. The second kappa shape index (κ2) is 2.67. The highest BCUT2D eigenvalue weighted by atomic mass is 16.2. The molecule has 1 rings (SSSR count). The molecule has 8 heavy (non-hydrogen) atoms. The Balaban J connectivity index is 2.40. The van der Waals surface area contributed by atoms with Gasteiger partial charge in [0.1, 0.15) is 0 Å². The fourth-order valence-corrected chi connectivity index (χ4v) is 0.593. The van der Waals surface area contributed by atoms with Crippen LogP contribution in [-0.4, -0.2) is 18.7 Å². The second-order valence-electron chi connectivity index (χ2n) is 1.72. The predicted molar refractivity (Wildman–Crippen MR) is 34.0 cm³/mol. The number of hydrogen-bond donors (Lipinski definition) is 1. The van der Waals surface area contributed by atoms with Crippen molar-refractivity contribution in [2.75, 3.05) is 0 Å². The molecule has 1 aliphatic heterocycles. The van der Waals surface area contributed by atoms with E-state index in [2.05, 4.69) is 4.99 Å². The van der Waals surface area contributed by atoms with Gasteiger partial charge in [-0.15, -0.1) is 0 Å². The van der Waals surface area contributed by atoms with E-state index in [4.69, 9.17) is 5.02 Å². The predicted octanol–water partition coefficient (Wildman–Crippen LogP) is 0.375. The van der Waals surface area contributed by atoms with E-state index in [-0.39, 0.29) is 5.82 Å². The quantitative estimate of drug-likeness (QED) is 0.483. The van der Waals surface area contributed by atoms with Gasteiger partial charge in [-0.1, -0.05) is 6.08 Å². The summed E-state index contributed by atoms with van der Waals surface area (Å²) in [5, 5.41) is 8.45. The first kappa shape index (κ1) is 5.57. The fraction of sp³-hybridized carbons (Fsp3) is 0.400. The SMILES string of the molecule is O[B]C1C=CN=CC1. The minimum Gasteiger partial charge on any atom is -0.454 e. The molecule has 0 fully saturated rings. The number of nitrogens with zero attached hydrogens (tertiary/aromatic N) is 1. The van der Waals surface area contributed by atoms with Gasteiger partial charge in [-0.3, -0.25) is 4.99 Å². The molecule has 1 aliphatic rings. The summed E-state index contributed by atoms with van der Waals surface area (Å²) >= 11 is 0. The Morgan fingerprint density at radius 1 is 1.75 bits per heavy atom. The van der Waals surface area contributed by atoms with E-state index in [0.29, 0.717) is 0 Å². The van der Waals surface area contributed by atoms with Crippen molar-refractivity contribution in [2.24, 2.45) is 4.99 Å². The molecule has 0 aliphatic carbocycles. The summed E-state index contributed by atoms with van der Waals surface area (Å²) in [5.41, 5.74) is 0. The fourth-order valence-electron chi connectivity index (χ4n) is 0.593. The largest absolute Gasteiger partial charge is 0.454 e. The lowest BCUT2D eigenvalue weighted by Crippen LogP contribution is -2.02. The number of aliphatic imine (C=N–C) groups is 1. The summed E-state index contributed by atoms with van der Waals surface area (Å²) in [6.45, 7) is 0. The first-order chi connectivity index (χ1) is 3.93. The second-order valence-corrected chi connectivity index (χ2v) is 1.72. The summed E-state index contributed by atoms with van der Waals surface area (Å²) in [7, 11) is 1.18. The zero-order chi connectivity index (χ0) is 5.82. The van der Waals surface area contributed by atoms with E-state index < -0.39 is 0 Å². The van der Waals surface area contributed by atoms with Gasteiger partial charge in [0.2, 0.25) is 0 Å². The van der Waals surface area contributed by atoms with Crippen molar-refractivity contribution in [1.82, 2.24) is 0 Å². The molecule has 0 aromatic rings. The summed E-state index contributed by atoms with van der Waals surface area (Å²) < 4.78 is 0. The molecule has 3 heteroatoms. The molecular weight excluding hydrogens is 101 g/mol. The zero-order valence-corrected chi connectivity index (χ0v) is 4.49. The van der Waals surface area contributed by atoms with Gasteiger partial charge in [-0.25, -0.2) is 0 Å². The number of allylic oxidation sites excluding steroid dienone is 1. The van der Waals surface area contributed by atoms with E-state index in [0.717, 1.165) is 6.42 Å². The van der Waals surface area contributed by atoms with Crippen molar-refractivity contribution in [3.05, 3.63) is 12.3 Å². The van der Waals surface area contributed by atoms with Crippen LogP contribution in [0.3, 0.4) is 0 Å². The summed E-state index contributed by atoms with van der Waals surface area (Å²) in [4.78, 5) is 3.84. The van der Waals surface area contributed by atoms with Crippen molar-refractivity contribution in [1.29, 1.82) is 0 Å². The Morgan fingerprint density at radius 2 is 2.62 bits per heavy atom. The molecule has 0 saturated heterocycles. The molecule has 0 aromatic carbocycles. The van der Waals surface area contributed by atoms with Crippen LogP contribution in [0, 0.1) is 0 Å². The summed E-state index contributed by atoms with van der Waals surface area (Å²) in [6.07, 6.45) is 6.17. The highest BCUT2D eigenvalue weighted by molar-refractivity contribution is 6.29. The van der Waals surface area contributed by atoms with Crippen LogP contribution < -0.4 is 0 Å². The van der Waals surface area contributed by atoms with Crippen LogP contribution in [0.25, 0.3) is 0 Å². The van der Waals surface area contributed by atoms with Crippen LogP contribution in [0.5, 0.6) is 0 Å². The monoisotopic (exact) mass is 108 g/mol. The molecule has 1 N–H and O–H groups in total. The Labute approximate surface area is 49.2 Å². The van der Waals surface area contributed by atoms with E-state index >= 15 is 0 Å². The first-order valence-corrected chi connectivity index (χ1v) is 2.59. The minimum atomic E-state index is 0.187. The lowest BCUT2D eigenvalue weighted by atomic mass is 9.78. The van der Waals surface area contributed by atoms with Gasteiger partial charge in [0.05, 0.1) is 0 Å². The topological polar surface area (TPSA) is 32.6 Å². The Bertz CT molecular complexity index is 122. The van der Waals surface area contributed by atoms with Crippen LogP contribution in [0.2, 0.25) is 5.82 Å². The molecule has 1 unspecified atom stereocenters. The Morgan fingerprint density at radius 3 is 3.00 bits per heavy atom. The smallest absolute Gasteiger partial charge is 0.295 e. The summed E-state index contributed by atoms with van der Waals surface area (Å²) in [6, 6.07) is 0. The molecule has 0 saturated carbocycles. The molecule has 0 bridgehead atoms. The molecule has 41 valence electrons. The third-order valence-electron chi connectivity index (χ3n) is 1.09. The van der Waals surface area contributed by atoms with Crippen molar-refractivity contribution < 1.29 is 5.02 Å². The molecule has 1 atom stereocenters. The van der Waals surface area contributed by atoms with E-state index in [1.807, 2.05) is 6.08 Å². The average Bonchev–Trinajstić information content (AvgIpc) is 1.90. The molecule has 0 aromatic heterocycles. The maximum Gasteiger partial charge on any atom is 0.295 e. The van der Waals surface area contributed by atoms with Crippen LogP contribution in [0.1, 0.15) is 6.42 Å². The van der Waals surface area contributed by atoms with Gasteiger partial charge in [-0.05, 0) is 12.2 Å². The van der Waals surface area contributed by atoms with Crippen LogP contribution >= 0.6 is 0 Å². The van der Waals surface area contributed by atoms with Gasteiger partial charge in [-0.2, -0.15) is 0 Å².